The van der Waals surface area contributed by atoms with Gasteiger partial charge in [-0.1, -0.05) is 32.4 Å². The zero-order valence-corrected chi connectivity index (χ0v) is 30.9. The van der Waals surface area contributed by atoms with E-state index < -0.39 is 18.2 Å². The van der Waals surface area contributed by atoms with Crippen LogP contribution >= 0.6 is 0 Å². The number of hydrogen-bond donors (Lipinski definition) is 6. The fraction of sp³-hybridized carbons (Fsp3) is 0.846. The molecule has 0 spiro atoms. The third kappa shape index (κ3) is 8.74. The van der Waals surface area contributed by atoms with Gasteiger partial charge in [0.1, 0.15) is 6.10 Å². The minimum atomic E-state index is -0.928. The molecule has 0 heterocycles. The summed E-state index contributed by atoms with van der Waals surface area (Å²) < 4.78 is 5.93. The topological polar surface area (TPSA) is 146 Å². The number of nitrogens with one attached hydrogen (secondary N) is 3. The fourth-order valence-corrected chi connectivity index (χ4v) is 10.9. The quantitative estimate of drug-likeness (QED) is 0.0533. The number of fused-ring (bicyclic) bond motifs is 5. The molecule has 9 nitrogen and oxygen atoms in total. The van der Waals surface area contributed by atoms with Gasteiger partial charge < -0.3 is 36.6 Å². The van der Waals surface area contributed by atoms with Crippen molar-refractivity contribution in [3.63, 3.8) is 0 Å². The van der Waals surface area contributed by atoms with E-state index >= 15 is 0 Å². The Morgan fingerprint density at radius 3 is 2.23 bits per heavy atom. The summed E-state index contributed by atoms with van der Waals surface area (Å²) in [6.45, 7) is 18.5. The van der Waals surface area contributed by atoms with Gasteiger partial charge >= 0.3 is 11.9 Å². The van der Waals surface area contributed by atoms with Crippen molar-refractivity contribution < 1.29 is 24.5 Å². The number of carbonyl (C=O) groups excluding carboxylic acids is 1. The first kappa shape index (κ1) is 39.0. The van der Waals surface area contributed by atoms with Crippen molar-refractivity contribution in [3.05, 3.63) is 22.8 Å². The van der Waals surface area contributed by atoms with Crippen LogP contribution in [0.5, 0.6) is 0 Å². The molecule has 4 aliphatic rings. The number of aliphatic hydroxyl groups is 1. The zero-order valence-electron chi connectivity index (χ0n) is 30.9. The summed E-state index contributed by atoms with van der Waals surface area (Å²) in [6, 6.07) is 0.490. The van der Waals surface area contributed by atoms with Crippen molar-refractivity contribution in [2.45, 2.75) is 130 Å². The Morgan fingerprint density at radius 1 is 0.958 bits per heavy atom. The largest absolute Gasteiger partial charge is 0.478 e. The molecule has 4 rings (SSSR count). The van der Waals surface area contributed by atoms with Crippen LogP contribution in [0, 0.1) is 40.4 Å². The van der Waals surface area contributed by atoms with Gasteiger partial charge in [-0.25, -0.2) is 4.79 Å². The summed E-state index contributed by atoms with van der Waals surface area (Å²) >= 11 is 0. The lowest BCUT2D eigenvalue weighted by Gasteiger charge is -2.64. The summed E-state index contributed by atoms with van der Waals surface area (Å²) in [7, 11) is 0. The van der Waals surface area contributed by atoms with Crippen LogP contribution in [0.3, 0.4) is 0 Å². The molecule has 4 aliphatic carbocycles. The highest BCUT2D eigenvalue weighted by Gasteiger charge is 2.66. The van der Waals surface area contributed by atoms with Gasteiger partial charge in [0.2, 0.25) is 0 Å². The smallest absolute Gasteiger partial charge is 0.331 e. The van der Waals surface area contributed by atoms with Crippen molar-refractivity contribution >= 4 is 11.9 Å². The Bertz CT molecular complexity index is 1150. The van der Waals surface area contributed by atoms with Gasteiger partial charge in [0.25, 0.3) is 0 Å². The van der Waals surface area contributed by atoms with Crippen molar-refractivity contribution in [1.29, 1.82) is 0 Å². The van der Waals surface area contributed by atoms with Crippen LogP contribution in [-0.2, 0) is 14.3 Å². The summed E-state index contributed by atoms with van der Waals surface area (Å²) in [4.78, 5) is 25.1. The molecular weight excluding hydrogens is 604 g/mol. The van der Waals surface area contributed by atoms with Crippen LogP contribution in [0.4, 0.5) is 0 Å². The molecule has 0 bridgehead atoms. The molecule has 274 valence electrons. The van der Waals surface area contributed by atoms with Crippen molar-refractivity contribution in [2.24, 2.45) is 46.2 Å². The van der Waals surface area contributed by atoms with Gasteiger partial charge in [-0.15, -0.1) is 0 Å². The number of rotatable bonds is 17. The summed E-state index contributed by atoms with van der Waals surface area (Å²) in [5.74, 6) is 0.0692. The molecule has 0 amide bonds. The molecule has 7 N–H and O–H groups in total. The number of carboxylic acids is 1. The minimum absolute atomic E-state index is 0.0239. The second-order valence-electron chi connectivity index (χ2n) is 16.4. The number of carboxylic acid groups (broad SMARTS) is 1. The average molecular weight is 673 g/mol. The van der Waals surface area contributed by atoms with E-state index in [1.54, 1.807) is 0 Å². The predicted octanol–water partition coefficient (Wildman–Crippen LogP) is 5.18. The van der Waals surface area contributed by atoms with Crippen LogP contribution in [0.2, 0.25) is 0 Å². The molecule has 0 aliphatic heterocycles. The maximum atomic E-state index is 12.7. The van der Waals surface area contributed by atoms with Crippen molar-refractivity contribution in [1.82, 2.24) is 16.0 Å². The number of aliphatic hydroxyl groups excluding tert-OH is 1. The van der Waals surface area contributed by atoms with E-state index in [2.05, 4.69) is 42.8 Å². The van der Waals surface area contributed by atoms with Crippen LogP contribution in [-0.4, -0.2) is 79.7 Å². The first-order valence-electron chi connectivity index (χ1n) is 19.1. The Labute approximate surface area is 290 Å². The molecule has 9 heteroatoms. The molecule has 0 radical (unpaired) electrons. The maximum absolute atomic E-state index is 12.7. The lowest BCUT2D eigenvalue weighted by Crippen LogP contribution is -2.62. The summed E-state index contributed by atoms with van der Waals surface area (Å²) in [5.41, 5.74) is 7.65. The SMILES string of the molecule is CC(=O)O[C@H]1C[C@@]2(C)C(C[C@@H](O)C3[C@@H]2CCC2C(C)C(NCCCNCCCNCCCN)CC[C@@]23C)/C1=C(\CCC=C(C)C)C(=O)O. The Hall–Kier alpha value is -1.78. The normalized spacial score (nSPS) is 36.8. The van der Waals surface area contributed by atoms with E-state index in [0.717, 1.165) is 95.4 Å². The fourth-order valence-electron chi connectivity index (χ4n) is 10.9. The number of hydrogen-bond acceptors (Lipinski definition) is 8. The van der Waals surface area contributed by atoms with Gasteiger partial charge in [-0.2, -0.15) is 0 Å². The van der Waals surface area contributed by atoms with Crippen LogP contribution in [0.1, 0.15) is 112 Å². The van der Waals surface area contributed by atoms with E-state index in [9.17, 15) is 19.8 Å². The van der Waals surface area contributed by atoms with Gasteiger partial charge in [-0.05, 0) is 170 Å². The Balaban J connectivity index is 1.42. The third-order valence-electron chi connectivity index (χ3n) is 13.0. The van der Waals surface area contributed by atoms with Crippen LogP contribution in [0.25, 0.3) is 0 Å². The molecule has 4 fully saturated rings. The second kappa shape index (κ2) is 17.4. The monoisotopic (exact) mass is 673 g/mol. The third-order valence-corrected chi connectivity index (χ3v) is 13.0. The highest BCUT2D eigenvalue weighted by atomic mass is 16.5. The zero-order chi connectivity index (χ0) is 35.1. The van der Waals surface area contributed by atoms with Gasteiger partial charge in [0.05, 0.1) is 6.10 Å². The van der Waals surface area contributed by atoms with Gasteiger partial charge in [0, 0.05) is 18.5 Å². The van der Waals surface area contributed by atoms with E-state index in [1.807, 2.05) is 13.8 Å². The molecule has 0 saturated heterocycles. The standard InChI is InChI=1S/C39H68N4O5/c1-25(2)11-7-12-28(37(46)47)35-31-23-33(45)36-30(39(31,6)24-34(35)48-27(4)44)14-13-29-26(3)32(15-16-38(29,36)5)43-22-10-21-42-20-9-19-41-18-8-17-40/h11,26,29-34,36,41-43,45H,7-10,12-24,40H2,1-6H3,(H,46,47)/b35-28-/t26?,29?,30-,31?,32?,33+,34-,36?,38-,39+/m0/s1. The molecular formula is C39H68N4O5. The van der Waals surface area contributed by atoms with E-state index in [-0.39, 0.29) is 34.6 Å². The molecule has 5 unspecified atom stereocenters. The second-order valence-corrected chi connectivity index (χ2v) is 16.4. The Kier molecular flexibility index (Phi) is 14.2. The number of carbonyl (C=O) groups is 2. The number of nitrogens with two attached hydrogens (primary N) is 1. The number of allylic oxidation sites excluding steroid dienone is 2. The van der Waals surface area contributed by atoms with Gasteiger partial charge in [-0.3, -0.25) is 4.79 Å². The van der Waals surface area contributed by atoms with E-state index in [1.165, 1.54) is 6.92 Å². The number of ether oxygens (including phenoxy) is 1. The summed E-state index contributed by atoms with van der Waals surface area (Å²) in [6.07, 6.45) is 10.9. The molecule has 0 aromatic heterocycles. The highest BCUT2D eigenvalue weighted by Crippen LogP contribution is 2.69. The van der Waals surface area contributed by atoms with Crippen LogP contribution < -0.4 is 21.7 Å². The molecule has 4 saturated carbocycles. The average Bonchev–Trinajstić information content (AvgIpc) is 3.29. The Morgan fingerprint density at radius 2 is 1.60 bits per heavy atom. The molecule has 0 aromatic carbocycles. The highest BCUT2D eigenvalue weighted by molar-refractivity contribution is 5.88. The minimum Gasteiger partial charge on any atom is -0.478 e. The lowest BCUT2D eigenvalue weighted by molar-refractivity contribution is -0.181. The molecule has 10 atom stereocenters. The molecule has 48 heavy (non-hydrogen) atoms. The van der Waals surface area contributed by atoms with E-state index in [4.69, 9.17) is 10.5 Å². The lowest BCUT2D eigenvalue weighted by atomic mass is 9.41. The first-order chi connectivity index (χ1) is 22.8. The van der Waals surface area contributed by atoms with Crippen molar-refractivity contribution in [3.8, 4) is 0 Å². The van der Waals surface area contributed by atoms with Crippen molar-refractivity contribution in [2.75, 3.05) is 39.3 Å². The van der Waals surface area contributed by atoms with Crippen LogP contribution in [0.15, 0.2) is 22.8 Å². The van der Waals surface area contributed by atoms with Gasteiger partial charge in [0.15, 0.2) is 0 Å². The number of esters is 1. The summed E-state index contributed by atoms with van der Waals surface area (Å²) in [5, 5.41) is 33.4. The van der Waals surface area contributed by atoms with E-state index in [0.29, 0.717) is 49.1 Å². The maximum Gasteiger partial charge on any atom is 0.331 e. The predicted molar refractivity (Wildman–Crippen MR) is 192 cm³/mol. The number of aliphatic carboxylic acids is 1. The first-order valence-corrected chi connectivity index (χ1v) is 19.1. The molecule has 0 aromatic rings.